The molecule has 1 aliphatic rings. The van der Waals surface area contributed by atoms with Gasteiger partial charge in [0, 0.05) is 30.5 Å². The largest absolute Gasteiger partial charge is 0.350 e. The summed E-state index contributed by atoms with van der Waals surface area (Å²) >= 11 is 0. The van der Waals surface area contributed by atoms with E-state index in [1.807, 2.05) is 44.2 Å². The van der Waals surface area contributed by atoms with E-state index in [0.29, 0.717) is 23.6 Å². The van der Waals surface area contributed by atoms with Gasteiger partial charge in [-0.3, -0.25) is 24.2 Å². The second-order valence-corrected chi connectivity index (χ2v) is 10.6. The molecule has 2 aromatic heterocycles. The first-order valence-electron chi connectivity index (χ1n) is 13.6. The van der Waals surface area contributed by atoms with Gasteiger partial charge in [-0.15, -0.1) is 0 Å². The number of rotatable bonds is 4. The summed E-state index contributed by atoms with van der Waals surface area (Å²) in [5.74, 6) is -0.848. The zero-order valence-electron chi connectivity index (χ0n) is 23.7. The summed E-state index contributed by atoms with van der Waals surface area (Å²) < 4.78 is 1.44. The van der Waals surface area contributed by atoms with Crippen LogP contribution in [0, 0.1) is 12.8 Å². The van der Waals surface area contributed by atoms with E-state index in [1.54, 1.807) is 26.0 Å². The van der Waals surface area contributed by atoms with Gasteiger partial charge in [-0.05, 0) is 43.9 Å². The lowest BCUT2D eigenvalue weighted by atomic mass is 10.0. The van der Waals surface area contributed by atoms with Crippen molar-refractivity contribution in [2.75, 3.05) is 13.1 Å². The molecule has 3 aromatic rings. The fourth-order valence-electron chi connectivity index (χ4n) is 4.67. The summed E-state index contributed by atoms with van der Waals surface area (Å²) in [5.41, 5.74) is 1.32. The van der Waals surface area contributed by atoms with Gasteiger partial charge in [0.15, 0.2) is 5.82 Å². The van der Waals surface area contributed by atoms with Crippen LogP contribution in [0.3, 0.4) is 0 Å². The molecule has 4 amide bonds. The number of hydrogen-bond acceptors (Lipinski definition) is 7. The number of pyridine rings is 1. The van der Waals surface area contributed by atoms with Gasteiger partial charge in [0.2, 0.25) is 17.7 Å². The van der Waals surface area contributed by atoms with E-state index in [4.69, 9.17) is 0 Å². The summed E-state index contributed by atoms with van der Waals surface area (Å²) in [4.78, 5) is 63.2. The van der Waals surface area contributed by atoms with Crippen molar-refractivity contribution >= 4 is 23.6 Å². The van der Waals surface area contributed by atoms with E-state index in [2.05, 4.69) is 31.0 Å². The molecule has 0 bridgehead atoms. The van der Waals surface area contributed by atoms with Gasteiger partial charge >= 0.3 is 0 Å². The van der Waals surface area contributed by atoms with Gasteiger partial charge in [0.05, 0.1) is 12.6 Å². The highest BCUT2D eigenvalue weighted by Gasteiger charge is 2.30. The second kappa shape index (κ2) is 13.2. The number of carbonyl (C=O) groups is 4. The Morgan fingerprint density at radius 1 is 0.976 bits per heavy atom. The maximum atomic E-state index is 13.6. The van der Waals surface area contributed by atoms with Gasteiger partial charge in [-0.1, -0.05) is 44.2 Å². The molecule has 12 nitrogen and oxygen atoms in total. The Hall–Kier alpha value is -4.61. The van der Waals surface area contributed by atoms with Gasteiger partial charge in [0.1, 0.15) is 18.4 Å². The molecule has 0 unspecified atom stereocenters. The van der Waals surface area contributed by atoms with E-state index >= 15 is 0 Å². The molecule has 3 atom stereocenters. The first-order valence-corrected chi connectivity index (χ1v) is 13.6. The third-order valence-electron chi connectivity index (χ3n) is 6.90. The average Bonchev–Trinajstić information content (AvgIpc) is 3.31. The highest BCUT2D eigenvalue weighted by atomic mass is 16.2. The fraction of sp³-hybridized carbons (Fsp3) is 0.414. The summed E-state index contributed by atoms with van der Waals surface area (Å²) in [6.07, 6.45) is 3.41. The predicted octanol–water partition coefficient (Wildman–Crippen LogP) is 1.18. The first-order chi connectivity index (χ1) is 19.6. The molecule has 4 rings (SSSR count). The number of aromatic nitrogens is 4. The van der Waals surface area contributed by atoms with Crippen LogP contribution in [0.2, 0.25) is 0 Å². The van der Waals surface area contributed by atoms with E-state index in [-0.39, 0.29) is 31.5 Å². The summed E-state index contributed by atoms with van der Waals surface area (Å²) in [5, 5.41) is 13.1. The Morgan fingerprint density at radius 2 is 1.66 bits per heavy atom. The van der Waals surface area contributed by atoms with E-state index in [1.165, 1.54) is 22.0 Å². The highest BCUT2D eigenvalue weighted by Crippen LogP contribution is 2.19. The number of nitrogens with zero attached hydrogens (tertiary/aromatic N) is 5. The van der Waals surface area contributed by atoms with Crippen LogP contribution in [0.5, 0.6) is 0 Å². The van der Waals surface area contributed by atoms with Crippen molar-refractivity contribution in [1.29, 1.82) is 0 Å². The standard InChI is InChI=1S/C29H36N8O4/c1-18(2)24-15-36(29(41)22-10-12-30-13-11-22)16-25(38)33-23(14-21-8-6-5-7-9-21)27-32-20(4)35-37(27)17-26(39)31-19(3)28(40)34-24/h5-13,18-19,23-24H,14-17H2,1-4H3,(H,31,39)(H,33,38)(H,34,40)/t19-,23+,24-/m1/s1. The normalized spacial score (nSPS) is 20.8. The third-order valence-corrected chi connectivity index (χ3v) is 6.90. The van der Waals surface area contributed by atoms with Crippen molar-refractivity contribution in [1.82, 2.24) is 40.6 Å². The van der Waals surface area contributed by atoms with Crippen LogP contribution in [0.1, 0.15) is 54.4 Å². The first kappa shape index (κ1) is 29.4. The summed E-state index contributed by atoms with van der Waals surface area (Å²) in [7, 11) is 0. The monoisotopic (exact) mass is 560 g/mol. The molecule has 0 saturated carbocycles. The lowest BCUT2D eigenvalue weighted by molar-refractivity contribution is -0.129. The fourth-order valence-corrected chi connectivity index (χ4v) is 4.67. The SMILES string of the molecule is Cc1nc2n(n1)CC(=O)N[C@H](C)C(=O)N[C@@H](C(C)C)CN(C(=O)c1ccncc1)CC(=O)N[C@H]2Cc1ccccc1. The number of benzene rings is 1. The number of nitrogens with one attached hydrogen (secondary N) is 3. The third kappa shape index (κ3) is 7.74. The minimum absolute atomic E-state index is 0.0729. The maximum absolute atomic E-state index is 13.6. The lowest BCUT2D eigenvalue weighted by Gasteiger charge is -2.31. The van der Waals surface area contributed by atoms with Crippen LogP contribution in [0.4, 0.5) is 0 Å². The van der Waals surface area contributed by atoms with Crippen molar-refractivity contribution in [2.45, 2.75) is 58.8 Å². The minimum atomic E-state index is -0.842. The molecule has 0 aliphatic carbocycles. The highest BCUT2D eigenvalue weighted by molar-refractivity contribution is 5.96. The number of amides is 4. The van der Waals surface area contributed by atoms with Gasteiger partial charge in [-0.2, -0.15) is 5.10 Å². The molecule has 216 valence electrons. The zero-order chi connectivity index (χ0) is 29.5. The van der Waals surface area contributed by atoms with Gasteiger partial charge in [-0.25, -0.2) is 9.67 Å². The summed E-state index contributed by atoms with van der Waals surface area (Å²) in [6.45, 7) is 6.77. The Bertz CT molecular complexity index is 1380. The van der Waals surface area contributed by atoms with Crippen LogP contribution in [0.15, 0.2) is 54.9 Å². The Morgan fingerprint density at radius 3 is 2.34 bits per heavy atom. The van der Waals surface area contributed by atoms with E-state index in [0.717, 1.165) is 5.56 Å². The Labute approximate surface area is 238 Å². The Balaban J connectivity index is 1.73. The van der Waals surface area contributed by atoms with Crippen molar-refractivity contribution in [2.24, 2.45) is 5.92 Å². The van der Waals surface area contributed by atoms with Crippen molar-refractivity contribution in [3.05, 3.63) is 77.6 Å². The molecule has 0 radical (unpaired) electrons. The molecular weight excluding hydrogens is 524 g/mol. The van der Waals surface area contributed by atoms with Crippen LogP contribution in [-0.4, -0.2) is 73.5 Å². The molecule has 0 saturated heterocycles. The quantitative estimate of drug-likeness (QED) is 0.434. The maximum Gasteiger partial charge on any atom is 0.254 e. The topological polar surface area (TPSA) is 151 Å². The number of aryl methyl sites for hydroxylation is 1. The average molecular weight is 561 g/mol. The number of hydrogen-bond donors (Lipinski definition) is 3. The van der Waals surface area contributed by atoms with Crippen LogP contribution in [0.25, 0.3) is 0 Å². The van der Waals surface area contributed by atoms with Crippen LogP contribution >= 0.6 is 0 Å². The van der Waals surface area contributed by atoms with Crippen LogP contribution in [-0.2, 0) is 27.3 Å². The molecular formula is C29H36N8O4. The second-order valence-electron chi connectivity index (χ2n) is 10.6. The molecule has 1 aromatic carbocycles. The van der Waals surface area contributed by atoms with E-state index < -0.39 is 35.8 Å². The van der Waals surface area contributed by atoms with Crippen molar-refractivity contribution < 1.29 is 19.2 Å². The van der Waals surface area contributed by atoms with E-state index in [9.17, 15) is 19.2 Å². The molecule has 41 heavy (non-hydrogen) atoms. The van der Waals surface area contributed by atoms with Crippen molar-refractivity contribution in [3.8, 4) is 0 Å². The molecule has 12 heteroatoms. The molecule has 3 N–H and O–H groups in total. The zero-order valence-corrected chi connectivity index (χ0v) is 23.7. The minimum Gasteiger partial charge on any atom is -0.350 e. The lowest BCUT2D eigenvalue weighted by Crippen LogP contribution is -2.54. The molecule has 1 aliphatic heterocycles. The van der Waals surface area contributed by atoms with Crippen LogP contribution < -0.4 is 16.0 Å². The number of fused-ring (bicyclic) bond motifs is 1. The van der Waals surface area contributed by atoms with Gasteiger partial charge in [0.25, 0.3) is 5.91 Å². The molecule has 0 spiro atoms. The predicted molar refractivity (Wildman–Crippen MR) is 150 cm³/mol. The Kier molecular flexibility index (Phi) is 9.43. The molecule has 3 heterocycles. The smallest absolute Gasteiger partial charge is 0.254 e. The van der Waals surface area contributed by atoms with Crippen molar-refractivity contribution in [3.63, 3.8) is 0 Å². The number of carbonyl (C=O) groups excluding carboxylic acids is 4. The molecule has 0 fully saturated rings. The van der Waals surface area contributed by atoms with Gasteiger partial charge < -0.3 is 20.9 Å². The summed E-state index contributed by atoms with van der Waals surface area (Å²) in [6, 6.07) is 10.8.